The van der Waals surface area contributed by atoms with Crippen LogP contribution in [0.5, 0.6) is 0 Å². The lowest BCUT2D eigenvalue weighted by atomic mass is 10.2. The minimum absolute atomic E-state index is 0.0435. The van der Waals surface area contributed by atoms with Crippen molar-refractivity contribution >= 4 is 29.3 Å². The van der Waals surface area contributed by atoms with Crippen molar-refractivity contribution in [1.29, 1.82) is 0 Å². The average Bonchev–Trinajstić information content (AvgIpc) is 2.31. The molecule has 0 unspecified atom stereocenters. The molecule has 0 aliphatic carbocycles. The van der Waals surface area contributed by atoms with E-state index in [0.29, 0.717) is 6.42 Å². The highest BCUT2D eigenvalue weighted by Gasteiger charge is 1.98. The van der Waals surface area contributed by atoms with Crippen LogP contribution in [-0.4, -0.2) is 23.5 Å². The number of nitrogens with one attached hydrogen (secondary N) is 1. The second-order valence-electron chi connectivity index (χ2n) is 3.22. The van der Waals surface area contributed by atoms with E-state index in [1.54, 1.807) is 0 Å². The number of hydrogen-bond acceptors (Lipinski definition) is 2. The third-order valence-corrected chi connectivity index (χ3v) is 2.16. The summed E-state index contributed by atoms with van der Waals surface area (Å²) in [6, 6.07) is 7.39. The van der Waals surface area contributed by atoms with Gasteiger partial charge in [0.25, 0.3) is 0 Å². The van der Waals surface area contributed by atoms with Crippen molar-refractivity contribution in [1.82, 2.24) is 0 Å². The van der Waals surface area contributed by atoms with Gasteiger partial charge in [0.15, 0.2) is 0 Å². The molecule has 16 heavy (non-hydrogen) atoms. The number of amides is 1. The topological polar surface area (TPSA) is 49.3 Å². The number of hydrogen-bond donors (Lipinski definition) is 2. The Balaban J connectivity index is 2.57. The molecule has 1 aromatic carbocycles. The number of alkyl halides is 1. The lowest BCUT2D eigenvalue weighted by Gasteiger charge is -2.02. The van der Waals surface area contributed by atoms with Crippen molar-refractivity contribution in [3.8, 4) is 0 Å². The Hall–Kier alpha value is -1.32. The summed E-state index contributed by atoms with van der Waals surface area (Å²) in [5.41, 5.74) is 1.75. The second-order valence-corrected chi connectivity index (χ2v) is 3.49. The Kier molecular flexibility index (Phi) is 5.61. The minimum atomic E-state index is -0.217. The van der Waals surface area contributed by atoms with Gasteiger partial charge in [-0.05, 0) is 24.1 Å². The number of halogens is 1. The summed E-state index contributed by atoms with van der Waals surface area (Å²) in [5, 5.41) is 11.3. The first-order chi connectivity index (χ1) is 7.76. The third-order valence-electron chi connectivity index (χ3n) is 1.92. The molecule has 3 nitrogen and oxygen atoms in total. The SMILES string of the molecule is O=C(CCl)Nc1ccc(C=CCCO)cc1. The van der Waals surface area contributed by atoms with E-state index in [1.165, 1.54) is 0 Å². The van der Waals surface area contributed by atoms with Gasteiger partial charge in [-0.2, -0.15) is 0 Å². The summed E-state index contributed by atoms with van der Waals surface area (Å²) in [6.45, 7) is 0.153. The van der Waals surface area contributed by atoms with E-state index in [1.807, 2.05) is 36.4 Å². The average molecular weight is 240 g/mol. The number of rotatable bonds is 5. The molecule has 1 amide bonds. The van der Waals surface area contributed by atoms with E-state index in [0.717, 1.165) is 11.3 Å². The summed E-state index contributed by atoms with van der Waals surface area (Å²) < 4.78 is 0. The van der Waals surface area contributed by atoms with Gasteiger partial charge < -0.3 is 10.4 Å². The molecule has 2 N–H and O–H groups in total. The van der Waals surface area contributed by atoms with Gasteiger partial charge >= 0.3 is 0 Å². The van der Waals surface area contributed by atoms with E-state index in [9.17, 15) is 4.79 Å². The molecular formula is C12H14ClNO2. The highest BCUT2D eigenvalue weighted by atomic mass is 35.5. The van der Waals surface area contributed by atoms with Crippen LogP contribution in [0.3, 0.4) is 0 Å². The predicted octanol–water partition coefficient (Wildman–Crippen LogP) is 2.26. The summed E-state index contributed by atoms with van der Waals surface area (Å²) in [6.07, 6.45) is 4.46. The van der Waals surface area contributed by atoms with Crippen LogP contribution in [0, 0.1) is 0 Å². The van der Waals surface area contributed by atoms with Crippen LogP contribution in [0.2, 0.25) is 0 Å². The number of benzene rings is 1. The molecule has 0 saturated heterocycles. The maximum absolute atomic E-state index is 11.0. The maximum Gasteiger partial charge on any atom is 0.239 e. The second kappa shape index (κ2) is 7.04. The Morgan fingerprint density at radius 1 is 1.38 bits per heavy atom. The van der Waals surface area contributed by atoms with Crippen molar-refractivity contribution in [2.45, 2.75) is 6.42 Å². The normalized spacial score (nSPS) is 10.6. The van der Waals surface area contributed by atoms with Crippen LogP contribution in [0.1, 0.15) is 12.0 Å². The van der Waals surface area contributed by atoms with Gasteiger partial charge in [-0.3, -0.25) is 4.79 Å². The van der Waals surface area contributed by atoms with Crippen LogP contribution in [-0.2, 0) is 4.79 Å². The van der Waals surface area contributed by atoms with Gasteiger partial charge in [0.05, 0.1) is 0 Å². The number of carbonyl (C=O) groups excluding carboxylic acids is 1. The predicted molar refractivity (Wildman–Crippen MR) is 66.5 cm³/mol. The molecule has 86 valence electrons. The molecule has 0 bridgehead atoms. The van der Waals surface area contributed by atoms with E-state index in [2.05, 4.69) is 5.32 Å². The van der Waals surface area contributed by atoms with Crippen LogP contribution < -0.4 is 5.32 Å². The van der Waals surface area contributed by atoms with E-state index in [-0.39, 0.29) is 18.4 Å². The molecule has 1 rings (SSSR count). The Bertz CT molecular complexity index is 360. The molecule has 0 saturated carbocycles. The lowest BCUT2D eigenvalue weighted by molar-refractivity contribution is -0.113. The molecule has 0 atom stereocenters. The third kappa shape index (κ3) is 4.47. The smallest absolute Gasteiger partial charge is 0.239 e. The Morgan fingerprint density at radius 3 is 2.62 bits per heavy atom. The zero-order valence-electron chi connectivity index (χ0n) is 8.82. The van der Waals surface area contributed by atoms with Crippen LogP contribution in [0.4, 0.5) is 5.69 Å². The van der Waals surface area contributed by atoms with E-state index < -0.39 is 0 Å². The van der Waals surface area contributed by atoms with E-state index >= 15 is 0 Å². The van der Waals surface area contributed by atoms with Gasteiger partial charge in [0.1, 0.15) is 5.88 Å². The van der Waals surface area contributed by atoms with E-state index in [4.69, 9.17) is 16.7 Å². The zero-order chi connectivity index (χ0) is 11.8. The lowest BCUT2D eigenvalue weighted by Crippen LogP contribution is -2.12. The van der Waals surface area contributed by atoms with Gasteiger partial charge in [-0.15, -0.1) is 11.6 Å². The fourth-order valence-corrected chi connectivity index (χ4v) is 1.23. The Morgan fingerprint density at radius 2 is 2.06 bits per heavy atom. The first-order valence-electron chi connectivity index (χ1n) is 4.99. The summed E-state index contributed by atoms with van der Waals surface area (Å²) in [4.78, 5) is 11.0. The number of anilines is 1. The summed E-state index contributed by atoms with van der Waals surface area (Å²) in [5.74, 6) is -0.261. The molecule has 0 radical (unpaired) electrons. The zero-order valence-corrected chi connectivity index (χ0v) is 9.57. The molecule has 4 heteroatoms. The van der Waals surface area contributed by atoms with Crippen LogP contribution in [0.25, 0.3) is 6.08 Å². The Labute approximate surface area is 99.7 Å². The van der Waals surface area contributed by atoms with Gasteiger partial charge in [-0.1, -0.05) is 24.3 Å². The molecule has 0 fully saturated rings. The summed E-state index contributed by atoms with van der Waals surface area (Å²) in [7, 11) is 0. The number of aliphatic hydroxyl groups excluding tert-OH is 1. The van der Waals surface area contributed by atoms with Crippen LogP contribution >= 0.6 is 11.6 Å². The quantitative estimate of drug-likeness (QED) is 0.775. The van der Waals surface area contributed by atoms with Gasteiger partial charge in [0, 0.05) is 12.3 Å². The van der Waals surface area contributed by atoms with Crippen LogP contribution in [0.15, 0.2) is 30.3 Å². The molecule has 0 spiro atoms. The molecule has 0 heterocycles. The fraction of sp³-hybridized carbons (Fsp3) is 0.250. The largest absolute Gasteiger partial charge is 0.396 e. The van der Waals surface area contributed by atoms with Crippen molar-refractivity contribution in [3.63, 3.8) is 0 Å². The first kappa shape index (κ1) is 12.7. The van der Waals surface area contributed by atoms with Gasteiger partial charge in [-0.25, -0.2) is 0 Å². The minimum Gasteiger partial charge on any atom is -0.396 e. The monoisotopic (exact) mass is 239 g/mol. The van der Waals surface area contributed by atoms with Gasteiger partial charge in [0.2, 0.25) is 5.91 Å². The van der Waals surface area contributed by atoms with Crippen molar-refractivity contribution < 1.29 is 9.90 Å². The number of aliphatic hydroxyl groups is 1. The molecule has 0 aliphatic heterocycles. The molecule has 1 aromatic rings. The standard InChI is InChI=1S/C12H14ClNO2/c13-9-12(16)14-11-6-4-10(5-7-11)3-1-2-8-15/h1,3-7,15H,2,8-9H2,(H,14,16). The fourth-order valence-electron chi connectivity index (χ4n) is 1.17. The number of carbonyl (C=O) groups is 1. The highest BCUT2D eigenvalue weighted by Crippen LogP contribution is 2.11. The molecular weight excluding hydrogens is 226 g/mol. The first-order valence-corrected chi connectivity index (χ1v) is 5.53. The van der Waals surface area contributed by atoms with Crippen molar-refractivity contribution in [2.24, 2.45) is 0 Å². The molecule has 0 aromatic heterocycles. The highest BCUT2D eigenvalue weighted by molar-refractivity contribution is 6.29. The van der Waals surface area contributed by atoms with Crippen molar-refractivity contribution in [3.05, 3.63) is 35.9 Å². The summed E-state index contributed by atoms with van der Waals surface area (Å²) >= 11 is 5.37. The maximum atomic E-state index is 11.0. The molecule has 0 aliphatic rings. The van der Waals surface area contributed by atoms with Crippen molar-refractivity contribution in [2.75, 3.05) is 17.8 Å².